The average Bonchev–Trinajstić information content (AvgIpc) is 3.04. The van der Waals surface area contributed by atoms with Crippen LogP contribution in [0.5, 0.6) is 0 Å². The highest BCUT2D eigenvalue weighted by Gasteiger charge is 2.37. The third-order valence-corrected chi connectivity index (χ3v) is 5.38. The maximum Gasteiger partial charge on any atom is 0.469 e. The van der Waals surface area contributed by atoms with E-state index >= 15 is 0 Å². The van der Waals surface area contributed by atoms with Crippen LogP contribution in [-0.2, 0) is 15.6 Å². The Hall–Kier alpha value is -1.16. The smallest absolute Gasteiger partial charge is 0.382 e. The SMILES string of the molecule is CSCC1CN(Cc2c[nH]c3c(N)ncnc23)CC1OP(=O)(O)O. The van der Waals surface area contributed by atoms with Crippen LogP contribution in [0, 0.1) is 5.92 Å². The Balaban J connectivity index is 1.75. The fraction of sp³-hybridized carbons (Fsp3) is 0.538. The Morgan fingerprint density at radius 3 is 3.00 bits per heavy atom. The lowest BCUT2D eigenvalue weighted by atomic mass is 10.1. The van der Waals surface area contributed by atoms with E-state index in [-0.39, 0.29) is 5.92 Å². The molecule has 2 atom stereocenters. The minimum atomic E-state index is -4.50. The topological polar surface area (TPSA) is 138 Å². The lowest BCUT2D eigenvalue weighted by Gasteiger charge is -2.18. The summed E-state index contributed by atoms with van der Waals surface area (Å²) in [7, 11) is -4.50. The molecule has 11 heteroatoms. The predicted octanol–water partition coefficient (Wildman–Crippen LogP) is 0.813. The quantitative estimate of drug-likeness (QED) is 0.542. The van der Waals surface area contributed by atoms with E-state index in [2.05, 4.69) is 19.9 Å². The number of rotatable bonds is 6. The molecule has 1 fully saturated rings. The number of nitrogen functional groups attached to an aromatic ring is 1. The van der Waals surface area contributed by atoms with Crippen molar-refractivity contribution >= 4 is 36.4 Å². The van der Waals surface area contributed by atoms with Gasteiger partial charge < -0.3 is 20.5 Å². The number of hydrogen-bond acceptors (Lipinski definition) is 7. The normalized spacial score (nSPS) is 22.5. The van der Waals surface area contributed by atoms with Crippen molar-refractivity contribution in [2.75, 3.05) is 30.8 Å². The van der Waals surface area contributed by atoms with E-state index < -0.39 is 13.9 Å². The van der Waals surface area contributed by atoms with Crippen molar-refractivity contribution in [3.8, 4) is 0 Å². The van der Waals surface area contributed by atoms with E-state index in [0.717, 1.165) is 16.8 Å². The maximum absolute atomic E-state index is 11.2. The van der Waals surface area contributed by atoms with Crippen LogP contribution in [0.1, 0.15) is 5.56 Å². The van der Waals surface area contributed by atoms with E-state index in [1.54, 1.807) is 11.8 Å². The Labute approximate surface area is 143 Å². The Morgan fingerprint density at radius 1 is 1.50 bits per heavy atom. The van der Waals surface area contributed by atoms with Gasteiger partial charge in [0.15, 0.2) is 5.82 Å². The monoisotopic (exact) mass is 373 g/mol. The number of nitrogens with zero attached hydrogens (tertiary/aromatic N) is 3. The number of phosphoric acid groups is 1. The van der Waals surface area contributed by atoms with E-state index in [4.69, 9.17) is 20.0 Å². The first-order valence-electron chi connectivity index (χ1n) is 7.39. The third-order valence-electron chi connectivity index (χ3n) is 4.08. The van der Waals surface area contributed by atoms with Gasteiger partial charge in [0.2, 0.25) is 0 Å². The van der Waals surface area contributed by atoms with Gasteiger partial charge in [-0.15, -0.1) is 0 Å². The van der Waals surface area contributed by atoms with E-state index in [0.29, 0.717) is 31.0 Å². The molecule has 0 aromatic carbocycles. The van der Waals surface area contributed by atoms with Gasteiger partial charge in [-0.25, -0.2) is 14.5 Å². The average molecular weight is 373 g/mol. The summed E-state index contributed by atoms with van der Waals surface area (Å²) in [4.78, 5) is 31.6. The second-order valence-electron chi connectivity index (χ2n) is 5.84. The number of H-pyrrole nitrogens is 1. The van der Waals surface area contributed by atoms with Crippen LogP contribution < -0.4 is 5.73 Å². The van der Waals surface area contributed by atoms with E-state index in [1.807, 2.05) is 12.5 Å². The van der Waals surface area contributed by atoms with Gasteiger partial charge >= 0.3 is 7.82 Å². The second-order valence-corrected chi connectivity index (χ2v) is 7.94. The van der Waals surface area contributed by atoms with Crippen molar-refractivity contribution in [2.45, 2.75) is 12.6 Å². The molecular weight excluding hydrogens is 353 g/mol. The molecule has 3 heterocycles. The summed E-state index contributed by atoms with van der Waals surface area (Å²) >= 11 is 1.64. The molecule has 2 aromatic rings. The first kappa shape index (κ1) is 17.7. The van der Waals surface area contributed by atoms with Crippen molar-refractivity contribution in [3.63, 3.8) is 0 Å². The van der Waals surface area contributed by atoms with Crippen LogP contribution in [0.2, 0.25) is 0 Å². The first-order chi connectivity index (χ1) is 11.4. The summed E-state index contributed by atoms with van der Waals surface area (Å²) in [6, 6.07) is 0. The first-order valence-corrected chi connectivity index (χ1v) is 10.3. The van der Waals surface area contributed by atoms with Crippen LogP contribution in [0.25, 0.3) is 11.0 Å². The maximum atomic E-state index is 11.2. The Morgan fingerprint density at radius 2 is 2.29 bits per heavy atom. The van der Waals surface area contributed by atoms with Crippen LogP contribution in [0.3, 0.4) is 0 Å². The molecule has 1 aliphatic heterocycles. The number of phosphoric ester groups is 1. The van der Waals surface area contributed by atoms with Crippen LogP contribution in [0.15, 0.2) is 12.5 Å². The molecule has 2 aromatic heterocycles. The summed E-state index contributed by atoms with van der Waals surface area (Å²) in [5.74, 6) is 1.25. The zero-order valence-electron chi connectivity index (χ0n) is 13.1. The van der Waals surface area contributed by atoms with Crippen molar-refractivity contribution in [3.05, 3.63) is 18.1 Å². The standard InChI is InChI=1S/C13H20N5O4PS/c1-24-6-9-4-18(5-10(9)22-23(19,20)21)3-8-2-15-12-11(8)16-7-17-13(12)14/h2,7,9-10,15H,3-6H2,1H3,(H2,14,16,17)(H2,19,20,21). The largest absolute Gasteiger partial charge is 0.469 e. The number of hydrogen-bond donors (Lipinski definition) is 4. The van der Waals surface area contributed by atoms with Gasteiger partial charge in [0.05, 0.1) is 11.6 Å². The van der Waals surface area contributed by atoms with Crippen molar-refractivity contribution in [1.29, 1.82) is 0 Å². The van der Waals surface area contributed by atoms with Gasteiger partial charge in [-0.05, 0) is 12.0 Å². The molecule has 1 saturated heterocycles. The molecule has 0 bridgehead atoms. The number of anilines is 1. The van der Waals surface area contributed by atoms with Crippen molar-refractivity contribution in [2.24, 2.45) is 5.92 Å². The van der Waals surface area contributed by atoms with Crippen LogP contribution in [0.4, 0.5) is 5.82 Å². The zero-order valence-corrected chi connectivity index (χ0v) is 14.8. The van der Waals surface area contributed by atoms with Gasteiger partial charge in [0.1, 0.15) is 11.8 Å². The van der Waals surface area contributed by atoms with Crippen LogP contribution in [-0.4, -0.2) is 60.8 Å². The number of likely N-dealkylation sites (tertiary alicyclic amines) is 1. The lowest BCUT2D eigenvalue weighted by molar-refractivity contribution is 0.117. The fourth-order valence-corrected chi connectivity index (χ4v) is 4.44. The highest BCUT2D eigenvalue weighted by Crippen LogP contribution is 2.41. The fourth-order valence-electron chi connectivity index (χ4n) is 3.10. The zero-order chi connectivity index (χ0) is 17.3. The van der Waals surface area contributed by atoms with Gasteiger partial charge in [-0.2, -0.15) is 11.8 Å². The highest BCUT2D eigenvalue weighted by atomic mass is 32.2. The molecule has 3 rings (SSSR count). The Kier molecular flexibility index (Phi) is 5.14. The van der Waals surface area contributed by atoms with Crippen molar-refractivity contribution in [1.82, 2.24) is 19.9 Å². The van der Waals surface area contributed by atoms with Gasteiger partial charge in [0, 0.05) is 37.3 Å². The number of nitrogens with one attached hydrogen (secondary N) is 1. The summed E-state index contributed by atoms with van der Waals surface area (Å²) in [6.45, 7) is 1.77. The minimum absolute atomic E-state index is 0.0672. The van der Waals surface area contributed by atoms with Crippen LogP contribution >= 0.6 is 19.6 Å². The number of thioether (sulfide) groups is 1. The molecule has 0 radical (unpaired) electrons. The molecule has 132 valence electrons. The molecule has 5 N–H and O–H groups in total. The Bertz CT molecular complexity index is 766. The van der Waals surface area contributed by atoms with Gasteiger partial charge in [0.25, 0.3) is 0 Å². The molecule has 0 saturated carbocycles. The number of fused-ring (bicyclic) bond motifs is 1. The van der Waals surface area contributed by atoms with Gasteiger partial charge in [-0.3, -0.25) is 9.42 Å². The number of nitrogens with two attached hydrogens (primary N) is 1. The molecule has 0 aliphatic carbocycles. The second kappa shape index (κ2) is 6.99. The molecule has 24 heavy (non-hydrogen) atoms. The van der Waals surface area contributed by atoms with Gasteiger partial charge in [-0.1, -0.05) is 0 Å². The molecule has 2 unspecified atom stereocenters. The predicted molar refractivity (Wildman–Crippen MR) is 92.4 cm³/mol. The van der Waals surface area contributed by atoms with E-state index in [9.17, 15) is 4.57 Å². The molecule has 0 amide bonds. The highest BCUT2D eigenvalue weighted by molar-refractivity contribution is 7.98. The summed E-state index contributed by atoms with van der Waals surface area (Å²) in [5.41, 5.74) is 8.27. The third kappa shape index (κ3) is 3.90. The number of aromatic amines is 1. The van der Waals surface area contributed by atoms with Crippen molar-refractivity contribution < 1.29 is 18.9 Å². The summed E-state index contributed by atoms with van der Waals surface area (Å²) < 4.78 is 16.2. The van der Waals surface area contributed by atoms with E-state index in [1.165, 1.54) is 6.33 Å². The minimum Gasteiger partial charge on any atom is -0.382 e. The molecule has 9 nitrogen and oxygen atoms in total. The molecule has 1 aliphatic rings. The summed E-state index contributed by atoms with van der Waals surface area (Å²) in [6.07, 6.45) is 4.76. The lowest BCUT2D eigenvalue weighted by Crippen LogP contribution is -2.23. The molecule has 0 spiro atoms. The number of aromatic nitrogens is 3. The summed E-state index contributed by atoms with van der Waals surface area (Å²) in [5, 5.41) is 0. The molecular formula is C13H20N5O4PS.